The molecule has 1 rings (SSSR count). The molecule has 0 saturated heterocycles. The van der Waals surface area contributed by atoms with Crippen LogP contribution >= 0.6 is 39.9 Å². The van der Waals surface area contributed by atoms with Gasteiger partial charge in [-0.05, 0) is 32.0 Å². The molecule has 0 spiro atoms. The van der Waals surface area contributed by atoms with Crippen molar-refractivity contribution in [2.45, 2.75) is 26.1 Å². The number of ether oxygens (including phenoxy) is 1. The lowest BCUT2D eigenvalue weighted by Gasteiger charge is -2.14. The van der Waals surface area contributed by atoms with Crippen molar-refractivity contribution in [2.75, 3.05) is 13.2 Å². The Balaban J connectivity index is 0.00000441. The molecule has 0 amide bonds. The number of guanidine groups is 1. The van der Waals surface area contributed by atoms with E-state index in [-0.39, 0.29) is 54.9 Å². The van der Waals surface area contributed by atoms with Crippen LogP contribution in [-0.2, 0) is 6.18 Å². The molecule has 9 heteroatoms. The van der Waals surface area contributed by atoms with Gasteiger partial charge in [0.05, 0.1) is 12.1 Å². The second-order valence-electron chi connectivity index (χ2n) is 4.55. The molecule has 0 aliphatic heterocycles. The highest BCUT2D eigenvalue weighted by Crippen LogP contribution is 2.37. The first-order valence-corrected chi connectivity index (χ1v) is 7.05. The summed E-state index contributed by atoms with van der Waals surface area (Å²) in [6.07, 6.45) is -4.47. The van der Waals surface area contributed by atoms with Gasteiger partial charge in [0.2, 0.25) is 0 Å². The average molecular weight is 496 g/mol. The summed E-state index contributed by atoms with van der Waals surface area (Å²) < 4.78 is 44.0. The molecule has 0 atom stereocenters. The van der Waals surface area contributed by atoms with Gasteiger partial charge in [-0.3, -0.25) is 0 Å². The molecule has 0 heterocycles. The van der Waals surface area contributed by atoms with Gasteiger partial charge in [0.25, 0.3) is 0 Å². The minimum Gasteiger partial charge on any atom is -0.491 e. The first kappa shape index (κ1) is 21.3. The molecule has 1 aromatic rings. The Kier molecular flexibility index (Phi) is 9.13. The van der Waals surface area contributed by atoms with Crippen molar-refractivity contribution in [1.82, 2.24) is 5.32 Å². The zero-order chi connectivity index (χ0) is 16.0. The molecule has 0 fully saturated rings. The molecule has 0 bridgehead atoms. The van der Waals surface area contributed by atoms with Crippen molar-refractivity contribution in [2.24, 2.45) is 10.7 Å². The highest BCUT2D eigenvalue weighted by molar-refractivity contribution is 14.0. The lowest BCUT2D eigenvalue weighted by Crippen LogP contribution is -2.37. The van der Waals surface area contributed by atoms with Crippen LogP contribution < -0.4 is 15.8 Å². The highest BCUT2D eigenvalue weighted by atomic mass is 127. The number of alkyl halides is 3. The summed E-state index contributed by atoms with van der Waals surface area (Å²) in [5.74, 6) is 0.0109. The van der Waals surface area contributed by atoms with Gasteiger partial charge in [0.1, 0.15) is 12.4 Å². The van der Waals surface area contributed by atoms with Gasteiger partial charge in [-0.1, -0.05) is 15.9 Å². The Morgan fingerprint density at radius 2 is 2.05 bits per heavy atom. The number of hydrogen-bond donors (Lipinski definition) is 2. The third-order valence-corrected chi connectivity index (χ3v) is 2.81. The maximum atomic E-state index is 12.9. The van der Waals surface area contributed by atoms with E-state index in [9.17, 15) is 13.2 Å². The SMILES string of the molecule is CC(C)NC(N)=NCCOc1ccc(Br)cc1C(F)(F)F.I. The first-order valence-electron chi connectivity index (χ1n) is 6.26. The van der Waals surface area contributed by atoms with Crippen LogP contribution in [0.15, 0.2) is 27.7 Å². The zero-order valence-corrected chi connectivity index (χ0v) is 16.0. The fraction of sp³-hybridized carbons (Fsp3) is 0.462. The summed E-state index contributed by atoms with van der Waals surface area (Å²) in [7, 11) is 0. The Labute approximate surface area is 152 Å². The fourth-order valence-electron chi connectivity index (χ4n) is 1.51. The van der Waals surface area contributed by atoms with Gasteiger partial charge < -0.3 is 15.8 Å². The summed E-state index contributed by atoms with van der Waals surface area (Å²) in [4.78, 5) is 3.96. The van der Waals surface area contributed by atoms with Crippen molar-refractivity contribution in [3.8, 4) is 5.75 Å². The summed E-state index contributed by atoms with van der Waals surface area (Å²) in [6.45, 7) is 3.97. The number of benzene rings is 1. The normalized spacial score (nSPS) is 12.0. The minimum absolute atomic E-state index is 0. The van der Waals surface area contributed by atoms with Crippen LogP contribution in [0.25, 0.3) is 0 Å². The standard InChI is InChI=1S/C13H17BrF3N3O.HI/c1-8(2)20-12(18)19-5-6-21-11-4-3-9(14)7-10(11)13(15,16)17;/h3-4,7-8H,5-6H2,1-2H3,(H3,18,19,20);1H. The van der Waals surface area contributed by atoms with E-state index in [4.69, 9.17) is 10.5 Å². The van der Waals surface area contributed by atoms with Crippen LogP contribution in [0.4, 0.5) is 13.2 Å². The van der Waals surface area contributed by atoms with E-state index in [1.165, 1.54) is 12.1 Å². The highest BCUT2D eigenvalue weighted by Gasteiger charge is 2.34. The van der Waals surface area contributed by atoms with Crippen molar-refractivity contribution < 1.29 is 17.9 Å². The van der Waals surface area contributed by atoms with Gasteiger partial charge in [0.15, 0.2) is 5.96 Å². The van der Waals surface area contributed by atoms with Crippen LogP contribution in [-0.4, -0.2) is 25.2 Å². The number of aliphatic imine (C=N–C) groups is 1. The van der Waals surface area contributed by atoms with Crippen LogP contribution in [0.1, 0.15) is 19.4 Å². The van der Waals surface area contributed by atoms with Gasteiger partial charge in [-0.25, -0.2) is 4.99 Å². The van der Waals surface area contributed by atoms with E-state index in [0.29, 0.717) is 4.47 Å². The maximum absolute atomic E-state index is 12.9. The molecule has 0 aliphatic rings. The van der Waals surface area contributed by atoms with E-state index in [1.807, 2.05) is 13.8 Å². The van der Waals surface area contributed by atoms with Crippen molar-refractivity contribution >= 4 is 45.9 Å². The van der Waals surface area contributed by atoms with Crippen LogP contribution in [0.2, 0.25) is 0 Å². The van der Waals surface area contributed by atoms with E-state index in [1.54, 1.807) is 0 Å². The lowest BCUT2D eigenvalue weighted by molar-refractivity contribution is -0.139. The zero-order valence-electron chi connectivity index (χ0n) is 12.1. The van der Waals surface area contributed by atoms with Crippen LogP contribution in [0, 0.1) is 0 Å². The molecule has 0 unspecified atom stereocenters. The number of hydrogen-bond acceptors (Lipinski definition) is 2. The summed E-state index contributed by atoms with van der Waals surface area (Å²) >= 11 is 3.01. The molecule has 0 radical (unpaired) electrons. The Bertz CT molecular complexity index is 510. The molecule has 1 aromatic carbocycles. The molecule has 4 nitrogen and oxygen atoms in total. The molecule has 22 heavy (non-hydrogen) atoms. The quantitative estimate of drug-likeness (QED) is 0.283. The second kappa shape index (κ2) is 9.43. The molecule has 126 valence electrons. The van der Waals surface area contributed by atoms with Gasteiger partial charge in [-0.2, -0.15) is 13.2 Å². The van der Waals surface area contributed by atoms with E-state index in [2.05, 4.69) is 26.2 Å². The van der Waals surface area contributed by atoms with Crippen LogP contribution in [0.3, 0.4) is 0 Å². The third kappa shape index (κ3) is 7.52. The molecular weight excluding hydrogens is 478 g/mol. The predicted molar refractivity (Wildman–Crippen MR) is 94.8 cm³/mol. The summed E-state index contributed by atoms with van der Waals surface area (Å²) in [6, 6.07) is 3.88. The van der Waals surface area contributed by atoms with Crippen molar-refractivity contribution in [1.29, 1.82) is 0 Å². The van der Waals surface area contributed by atoms with E-state index >= 15 is 0 Å². The van der Waals surface area contributed by atoms with Crippen LogP contribution in [0.5, 0.6) is 5.75 Å². The lowest BCUT2D eigenvalue weighted by atomic mass is 10.2. The number of nitrogens with one attached hydrogen (secondary N) is 1. The van der Waals surface area contributed by atoms with Gasteiger partial charge in [0, 0.05) is 10.5 Å². The largest absolute Gasteiger partial charge is 0.491 e. The first-order chi connectivity index (χ1) is 9.70. The number of nitrogens with zero attached hydrogens (tertiary/aromatic N) is 1. The minimum atomic E-state index is -4.47. The number of nitrogens with two attached hydrogens (primary N) is 1. The smallest absolute Gasteiger partial charge is 0.420 e. The van der Waals surface area contributed by atoms with E-state index in [0.717, 1.165) is 6.07 Å². The topological polar surface area (TPSA) is 59.6 Å². The Morgan fingerprint density at radius 3 is 2.59 bits per heavy atom. The average Bonchev–Trinajstić information content (AvgIpc) is 2.34. The second-order valence-corrected chi connectivity index (χ2v) is 5.47. The molecule has 3 N–H and O–H groups in total. The van der Waals surface area contributed by atoms with Gasteiger partial charge in [-0.15, -0.1) is 24.0 Å². The summed E-state index contributed by atoms with van der Waals surface area (Å²) in [5, 5.41) is 2.87. The molecular formula is C13H18BrF3IN3O. The summed E-state index contributed by atoms with van der Waals surface area (Å²) in [5.41, 5.74) is 4.75. The predicted octanol–water partition coefficient (Wildman–Crippen LogP) is 3.78. The Hall–Kier alpha value is -0.710. The monoisotopic (exact) mass is 495 g/mol. The van der Waals surface area contributed by atoms with Gasteiger partial charge >= 0.3 is 6.18 Å². The Morgan fingerprint density at radius 1 is 1.41 bits per heavy atom. The van der Waals surface area contributed by atoms with Crippen molar-refractivity contribution in [3.63, 3.8) is 0 Å². The molecule has 0 aliphatic carbocycles. The third-order valence-electron chi connectivity index (χ3n) is 2.31. The molecule has 0 aromatic heterocycles. The number of rotatable bonds is 5. The van der Waals surface area contributed by atoms with E-state index < -0.39 is 11.7 Å². The maximum Gasteiger partial charge on any atom is 0.420 e. The fourth-order valence-corrected chi connectivity index (χ4v) is 1.87. The van der Waals surface area contributed by atoms with Crippen molar-refractivity contribution in [3.05, 3.63) is 28.2 Å². The molecule has 0 saturated carbocycles. The number of halogens is 5.